The smallest absolute Gasteiger partial charge is 0.222 e. The minimum Gasteiger partial charge on any atom is -0.368 e. The Hall–Kier alpha value is -1.82. The van der Waals surface area contributed by atoms with Crippen LogP contribution < -0.4 is 11.1 Å². The monoisotopic (exact) mass is 247 g/mol. The summed E-state index contributed by atoms with van der Waals surface area (Å²) in [7, 11) is 0. The number of anilines is 3. The normalized spacial score (nSPS) is 10.3. The molecule has 0 fully saturated rings. The van der Waals surface area contributed by atoms with E-state index in [9.17, 15) is 0 Å². The number of nitrogen functional groups attached to an aromatic ring is 1. The van der Waals surface area contributed by atoms with Crippen molar-refractivity contribution < 1.29 is 0 Å². The van der Waals surface area contributed by atoms with E-state index in [2.05, 4.69) is 32.9 Å². The van der Waals surface area contributed by atoms with Crippen molar-refractivity contribution in [2.75, 3.05) is 11.1 Å². The van der Waals surface area contributed by atoms with Gasteiger partial charge in [0.15, 0.2) is 0 Å². The SMILES string of the molecule is Cc1cc(Nc2nc(C)ccc2S)nc(N)n1. The first-order chi connectivity index (χ1) is 8.04. The number of pyridine rings is 1. The second kappa shape index (κ2) is 4.58. The van der Waals surface area contributed by atoms with E-state index in [0.29, 0.717) is 11.6 Å². The zero-order valence-electron chi connectivity index (χ0n) is 9.60. The van der Waals surface area contributed by atoms with E-state index in [1.807, 2.05) is 26.0 Å². The molecule has 0 bridgehead atoms. The van der Waals surface area contributed by atoms with Crippen molar-refractivity contribution in [2.45, 2.75) is 18.7 Å². The van der Waals surface area contributed by atoms with Crippen LogP contribution in [0, 0.1) is 13.8 Å². The van der Waals surface area contributed by atoms with Gasteiger partial charge in [0.05, 0.1) is 0 Å². The van der Waals surface area contributed by atoms with E-state index in [-0.39, 0.29) is 5.95 Å². The third-order valence-corrected chi connectivity index (χ3v) is 2.49. The minimum atomic E-state index is 0.237. The summed E-state index contributed by atoms with van der Waals surface area (Å²) in [6.45, 7) is 3.77. The Morgan fingerprint density at radius 2 is 1.88 bits per heavy atom. The van der Waals surface area contributed by atoms with Crippen molar-refractivity contribution in [3.8, 4) is 0 Å². The predicted octanol–water partition coefficient (Wildman–Crippen LogP) is 2.10. The second-order valence-electron chi connectivity index (χ2n) is 3.70. The quantitative estimate of drug-likeness (QED) is 0.708. The molecule has 6 heteroatoms. The van der Waals surface area contributed by atoms with Crippen LogP contribution in [0.3, 0.4) is 0 Å². The summed E-state index contributed by atoms with van der Waals surface area (Å²) < 4.78 is 0. The van der Waals surface area contributed by atoms with Crippen LogP contribution in [-0.4, -0.2) is 15.0 Å². The number of hydrogen-bond donors (Lipinski definition) is 3. The van der Waals surface area contributed by atoms with Gasteiger partial charge in [-0.05, 0) is 26.0 Å². The molecule has 0 amide bonds. The molecule has 17 heavy (non-hydrogen) atoms. The average molecular weight is 247 g/mol. The topological polar surface area (TPSA) is 76.7 Å². The van der Waals surface area contributed by atoms with Gasteiger partial charge in [0.1, 0.15) is 11.6 Å². The molecule has 88 valence electrons. The molecule has 2 aromatic rings. The molecule has 0 radical (unpaired) electrons. The zero-order chi connectivity index (χ0) is 12.4. The number of aryl methyl sites for hydroxylation is 2. The van der Waals surface area contributed by atoms with Crippen LogP contribution in [0.1, 0.15) is 11.4 Å². The molecule has 0 atom stereocenters. The van der Waals surface area contributed by atoms with Gasteiger partial charge in [-0.25, -0.2) is 9.97 Å². The van der Waals surface area contributed by atoms with Crippen molar-refractivity contribution in [2.24, 2.45) is 0 Å². The van der Waals surface area contributed by atoms with Gasteiger partial charge in [0, 0.05) is 22.3 Å². The molecule has 2 rings (SSSR count). The molecular formula is C11H13N5S. The summed E-state index contributed by atoms with van der Waals surface area (Å²) in [5, 5.41) is 3.08. The molecule has 0 unspecified atom stereocenters. The molecule has 0 aliphatic heterocycles. The first-order valence-corrected chi connectivity index (χ1v) is 5.54. The molecule has 0 aliphatic rings. The fourth-order valence-electron chi connectivity index (χ4n) is 1.42. The van der Waals surface area contributed by atoms with E-state index < -0.39 is 0 Å². The van der Waals surface area contributed by atoms with E-state index in [4.69, 9.17) is 5.73 Å². The van der Waals surface area contributed by atoms with Gasteiger partial charge in [-0.15, -0.1) is 12.6 Å². The van der Waals surface area contributed by atoms with Crippen LogP contribution >= 0.6 is 12.6 Å². The van der Waals surface area contributed by atoms with Crippen molar-refractivity contribution in [1.29, 1.82) is 0 Å². The standard InChI is InChI=1S/C11H13N5S/c1-6-3-4-8(17)10(13-6)15-9-5-7(2)14-11(12)16-9/h3-5,17H,1-2H3,(H3,12,13,14,15,16). The number of nitrogens with one attached hydrogen (secondary N) is 1. The Morgan fingerprint density at radius 1 is 1.12 bits per heavy atom. The maximum absolute atomic E-state index is 5.58. The zero-order valence-corrected chi connectivity index (χ0v) is 10.5. The Balaban J connectivity index is 2.34. The highest BCUT2D eigenvalue weighted by Gasteiger charge is 2.04. The number of nitrogens with zero attached hydrogens (tertiary/aromatic N) is 3. The fraction of sp³-hybridized carbons (Fsp3) is 0.182. The van der Waals surface area contributed by atoms with Crippen molar-refractivity contribution in [1.82, 2.24) is 15.0 Å². The molecule has 3 N–H and O–H groups in total. The molecule has 2 aromatic heterocycles. The third-order valence-electron chi connectivity index (χ3n) is 2.13. The van der Waals surface area contributed by atoms with Crippen molar-refractivity contribution in [3.63, 3.8) is 0 Å². The number of hydrogen-bond acceptors (Lipinski definition) is 6. The van der Waals surface area contributed by atoms with Gasteiger partial charge in [0.2, 0.25) is 5.95 Å². The van der Waals surface area contributed by atoms with Gasteiger partial charge in [-0.3, -0.25) is 0 Å². The summed E-state index contributed by atoms with van der Waals surface area (Å²) in [6.07, 6.45) is 0. The minimum absolute atomic E-state index is 0.237. The number of thiol groups is 1. The van der Waals surface area contributed by atoms with Crippen LogP contribution in [0.25, 0.3) is 0 Å². The maximum atomic E-state index is 5.58. The lowest BCUT2D eigenvalue weighted by Crippen LogP contribution is -2.03. The van der Waals surface area contributed by atoms with E-state index >= 15 is 0 Å². The molecule has 2 heterocycles. The van der Waals surface area contributed by atoms with Gasteiger partial charge in [0.25, 0.3) is 0 Å². The summed E-state index contributed by atoms with van der Waals surface area (Å²) in [6, 6.07) is 5.58. The third kappa shape index (κ3) is 2.85. The first-order valence-electron chi connectivity index (χ1n) is 5.09. The Kier molecular flexibility index (Phi) is 3.14. The van der Waals surface area contributed by atoms with Gasteiger partial charge in [-0.1, -0.05) is 0 Å². The molecule has 0 saturated heterocycles. The highest BCUT2D eigenvalue weighted by atomic mass is 32.1. The summed E-state index contributed by atoms with van der Waals surface area (Å²) in [5.74, 6) is 1.51. The predicted molar refractivity (Wildman–Crippen MR) is 70.7 cm³/mol. The highest BCUT2D eigenvalue weighted by Crippen LogP contribution is 2.21. The van der Waals surface area contributed by atoms with Crippen LogP contribution in [0.4, 0.5) is 17.6 Å². The number of aromatic nitrogens is 3. The van der Waals surface area contributed by atoms with E-state index in [1.165, 1.54) is 0 Å². The van der Waals surface area contributed by atoms with Crippen LogP contribution in [-0.2, 0) is 0 Å². The molecular weight excluding hydrogens is 234 g/mol. The largest absolute Gasteiger partial charge is 0.368 e. The molecule has 0 saturated carbocycles. The summed E-state index contributed by atoms with van der Waals surface area (Å²) in [4.78, 5) is 13.2. The molecule has 5 nitrogen and oxygen atoms in total. The Labute approximate surface area is 105 Å². The number of rotatable bonds is 2. The number of nitrogens with two attached hydrogens (primary N) is 1. The van der Waals surface area contributed by atoms with E-state index in [1.54, 1.807) is 6.07 Å². The van der Waals surface area contributed by atoms with Crippen LogP contribution in [0.5, 0.6) is 0 Å². The highest BCUT2D eigenvalue weighted by molar-refractivity contribution is 7.80. The lowest BCUT2D eigenvalue weighted by atomic mass is 10.3. The first kappa shape index (κ1) is 11.7. The molecule has 0 spiro atoms. The Morgan fingerprint density at radius 3 is 2.59 bits per heavy atom. The second-order valence-corrected chi connectivity index (χ2v) is 4.18. The summed E-state index contributed by atoms with van der Waals surface area (Å²) in [5.41, 5.74) is 7.29. The van der Waals surface area contributed by atoms with Crippen molar-refractivity contribution >= 4 is 30.2 Å². The fourth-order valence-corrected chi connectivity index (χ4v) is 1.60. The van der Waals surface area contributed by atoms with E-state index in [0.717, 1.165) is 16.3 Å². The Bertz CT molecular complexity index is 535. The van der Waals surface area contributed by atoms with Gasteiger partial charge in [-0.2, -0.15) is 4.98 Å². The van der Waals surface area contributed by atoms with Crippen LogP contribution in [0.2, 0.25) is 0 Å². The lowest BCUT2D eigenvalue weighted by Gasteiger charge is -2.08. The van der Waals surface area contributed by atoms with Gasteiger partial charge < -0.3 is 11.1 Å². The summed E-state index contributed by atoms with van der Waals surface area (Å²) >= 11 is 4.33. The van der Waals surface area contributed by atoms with Crippen LogP contribution in [0.15, 0.2) is 23.1 Å². The molecule has 0 aromatic carbocycles. The average Bonchev–Trinajstić information content (AvgIpc) is 2.22. The maximum Gasteiger partial charge on any atom is 0.222 e. The van der Waals surface area contributed by atoms with Gasteiger partial charge >= 0.3 is 0 Å². The lowest BCUT2D eigenvalue weighted by molar-refractivity contribution is 1.10. The van der Waals surface area contributed by atoms with Crippen molar-refractivity contribution in [3.05, 3.63) is 29.6 Å². The molecule has 0 aliphatic carbocycles.